The second-order valence-corrected chi connectivity index (χ2v) is 7.02. The molecule has 27 heavy (non-hydrogen) atoms. The summed E-state index contributed by atoms with van der Waals surface area (Å²) in [5.74, 6) is -1.18. The molecular formula is C19H22FN3O4. The number of aromatic nitrogens is 1. The van der Waals surface area contributed by atoms with E-state index in [1.54, 1.807) is 0 Å². The van der Waals surface area contributed by atoms with Crippen LogP contribution in [0.2, 0.25) is 0 Å². The second-order valence-electron chi connectivity index (χ2n) is 7.02. The molecule has 7 nitrogen and oxygen atoms in total. The van der Waals surface area contributed by atoms with Crippen molar-refractivity contribution in [1.82, 2.24) is 10.1 Å². The zero-order valence-electron chi connectivity index (χ0n) is 15.2. The van der Waals surface area contributed by atoms with Crippen molar-refractivity contribution >= 4 is 11.8 Å². The van der Waals surface area contributed by atoms with E-state index in [0.717, 1.165) is 26.2 Å². The lowest BCUT2D eigenvalue weighted by Gasteiger charge is -2.46. The van der Waals surface area contributed by atoms with E-state index in [1.807, 2.05) is 4.90 Å². The molecule has 0 spiro atoms. The lowest BCUT2D eigenvalue weighted by molar-refractivity contribution is 0.0697. The SMILES string of the molecule is COc1cc(-c2onc(N3CC(N4CCCCC4)C3)c2C(=O)O)ccc1F. The number of hydrogen-bond acceptors (Lipinski definition) is 6. The van der Waals surface area contributed by atoms with Gasteiger partial charge in [-0.2, -0.15) is 0 Å². The first-order chi connectivity index (χ1) is 13.1. The Labute approximate surface area is 156 Å². The highest BCUT2D eigenvalue weighted by Gasteiger charge is 2.37. The molecule has 2 aromatic rings. The maximum atomic E-state index is 13.7. The summed E-state index contributed by atoms with van der Waals surface area (Å²) in [7, 11) is 1.35. The van der Waals surface area contributed by atoms with E-state index in [1.165, 1.54) is 44.6 Å². The topological polar surface area (TPSA) is 79.0 Å². The van der Waals surface area contributed by atoms with Gasteiger partial charge in [0.1, 0.15) is 0 Å². The van der Waals surface area contributed by atoms with Crippen LogP contribution in [0.5, 0.6) is 5.75 Å². The van der Waals surface area contributed by atoms with Crippen molar-refractivity contribution in [2.75, 3.05) is 38.2 Å². The number of likely N-dealkylation sites (tertiary alicyclic amines) is 1. The second kappa shape index (κ2) is 7.19. The third kappa shape index (κ3) is 3.25. The summed E-state index contributed by atoms with van der Waals surface area (Å²) in [6, 6.07) is 4.52. The van der Waals surface area contributed by atoms with Gasteiger partial charge in [0.25, 0.3) is 0 Å². The Kier molecular flexibility index (Phi) is 4.73. The van der Waals surface area contributed by atoms with E-state index in [9.17, 15) is 14.3 Å². The van der Waals surface area contributed by atoms with E-state index < -0.39 is 11.8 Å². The minimum atomic E-state index is -1.12. The normalized spacial score (nSPS) is 18.4. The van der Waals surface area contributed by atoms with Crippen LogP contribution < -0.4 is 9.64 Å². The monoisotopic (exact) mass is 375 g/mol. The smallest absolute Gasteiger partial charge is 0.343 e. The number of halogens is 1. The van der Waals surface area contributed by atoms with Crippen LogP contribution in [0.15, 0.2) is 22.7 Å². The molecule has 0 saturated carbocycles. The minimum absolute atomic E-state index is 0.000699. The zero-order valence-corrected chi connectivity index (χ0v) is 15.2. The van der Waals surface area contributed by atoms with E-state index in [0.29, 0.717) is 17.4 Å². The number of nitrogens with zero attached hydrogens (tertiary/aromatic N) is 3. The predicted molar refractivity (Wildman–Crippen MR) is 96.8 cm³/mol. The Morgan fingerprint density at radius 2 is 2.04 bits per heavy atom. The first-order valence-corrected chi connectivity index (χ1v) is 9.14. The third-order valence-corrected chi connectivity index (χ3v) is 5.37. The average Bonchev–Trinajstić information content (AvgIpc) is 3.07. The van der Waals surface area contributed by atoms with Crippen molar-refractivity contribution in [2.45, 2.75) is 25.3 Å². The average molecular weight is 375 g/mol. The summed E-state index contributed by atoms with van der Waals surface area (Å²) in [6.45, 7) is 3.67. The third-order valence-electron chi connectivity index (χ3n) is 5.37. The number of hydrogen-bond donors (Lipinski definition) is 1. The number of aromatic carboxylic acids is 1. The quantitative estimate of drug-likeness (QED) is 0.861. The van der Waals surface area contributed by atoms with Gasteiger partial charge in [-0.25, -0.2) is 9.18 Å². The number of rotatable bonds is 5. The van der Waals surface area contributed by atoms with Gasteiger partial charge in [0, 0.05) is 24.7 Å². The highest BCUT2D eigenvalue weighted by molar-refractivity contribution is 5.99. The van der Waals surface area contributed by atoms with Crippen molar-refractivity contribution in [3.05, 3.63) is 29.6 Å². The fraction of sp³-hybridized carbons (Fsp3) is 0.474. The molecule has 1 aromatic carbocycles. The molecule has 0 bridgehead atoms. The molecule has 0 unspecified atom stereocenters. The number of carboxylic acids is 1. The van der Waals surface area contributed by atoms with E-state index >= 15 is 0 Å². The lowest BCUT2D eigenvalue weighted by atomic mass is 10.0. The van der Waals surface area contributed by atoms with E-state index in [2.05, 4.69) is 10.1 Å². The summed E-state index contributed by atoms with van der Waals surface area (Å²) in [4.78, 5) is 16.3. The molecule has 3 heterocycles. The fourth-order valence-electron chi connectivity index (χ4n) is 3.83. The molecule has 2 aliphatic rings. The summed E-state index contributed by atoms with van der Waals surface area (Å²) in [5, 5.41) is 13.7. The number of methoxy groups -OCH3 is 1. The number of anilines is 1. The fourth-order valence-corrected chi connectivity index (χ4v) is 3.83. The Bertz CT molecular complexity index is 841. The highest BCUT2D eigenvalue weighted by Crippen LogP contribution is 2.36. The minimum Gasteiger partial charge on any atom is -0.494 e. The van der Waals surface area contributed by atoms with Crippen LogP contribution in [0, 0.1) is 5.82 Å². The first kappa shape index (κ1) is 17.8. The Morgan fingerprint density at radius 3 is 2.70 bits per heavy atom. The van der Waals surface area contributed by atoms with Gasteiger partial charge >= 0.3 is 5.97 Å². The van der Waals surface area contributed by atoms with Crippen molar-refractivity contribution < 1.29 is 23.6 Å². The molecule has 8 heteroatoms. The largest absolute Gasteiger partial charge is 0.494 e. The van der Waals surface area contributed by atoms with Crippen LogP contribution in [-0.4, -0.2) is 60.5 Å². The van der Waals surface area contributed by atoms with Crippen LogP contribution in [-0.2, 0) is 0 Å². The number of piperidine rings is 1. The Hall–Kier alpha value is -2.61. The predicted octanol–water partition coefficient (Wildman–Crippen LogP) is 2.86. The van der Waals surface area contributed by atoms with Crippen LogP contribution >= 0.6 is 0 Å². The van der Waals surface area contributed by atoms with E-state index in [4.69, 9.17) is 9.26 Å². The summed E-state index contributed by atoms with van der Waals surface area (Å²) in [6.07, 6.45) is 3.72. The molecule has 0 aliphatic carbocycles. The number of carboxylic acid groups (broad SMARTS) is 1. The maximum absolute atomic E-state index is 13.7. The van der Waals surface area contributed by atoms with Gasteiger partial charge in [0.05, 0.1) is 7.11 Å². The summed E-state index contributed by atoms with van der Waals surface area (Å²) in [5.41, 5.74) is 0.415. The molecule has 2 saturated heterocycles. The van der Waals surface area contributed by atoms with Crippen LogP contribution in [0.4, 0.5) is 10.2 Å². The van der Waals surface area contributed by atoms with Gasteiger partial charge < -0.3 is 19.3 Å². The van der Waals surface area contributed by atoms with Crippen LogP contribution in [0.25, 0.3) is 11.3 Å². The Morgan fingerprint density at radius 1 is 1.30 bits per heavy atom. The van der Waals surface area contributed by atoms with Gasteiger partial charge in [-0.05, 0) is 44.1 Å². The van der Waals surface area contributed by atoms with Crippen molar-refractivity contribution in [3.8, 4) is 17.1 Å². The highest BCUT2D eigenvalue weighted by atomic mass is 19.1. The van der Waals surface area contributed by atoms with Crippen LogP contribution in [0.3, 0.4) is 0 Å². The standard InChI is InChI=1S/C19H22FN3O4/c1-26-15-9-12(5-6-14(15)20)17-16(19(24)25)18(21-27-17)23-10-13(11-23)22-7-3-2-4-8-22/h5-6,9,13H,2-4,7-8,10-11H2,1H3,(H,24,25). The van der Waals surface area contributed by atoms with Gasteiger partial charge in [0.15, 0.2) is 28.7 Å². The van der Waals surface area contributed by atoms with Crippen molar-refractivity contribution in [1.29, 1.82) is 0 Å². The Balaban J connectivity index is 1.58. The van der Waals surface area contributed by atoms with Crippen LogP contribution in [0.1, 0.15) is 29.6 Å². The molecule has 1 aromatic heterocycles. The van der Waals surface area contributed by atoms with Gasteiger partial charge in [-0.15, -0.1) is 0 Å². The zero-order chi connectivity index (χ0) is 19.0. The molecule has 1 N–H and O–H groups in total. The lowest BCUT2D eigenvalue weighted by Crippen LogP contribution is -2.60. The van der Waals surface area contributed by atoms with Crippen molar-refractivity contribution in [3.63, 3.8) is 0 Å². The molecule has 2 aliphatic heterocycles. The molecule has 0 atom stereocenters. The van der Waals surface area contributed by atoms with Gasteiger partial charge in [-0.1, -0.05) is 11.6 Å². The van der Waals surface area contributed by atoms with Crippen molar-refractivity contribution in [2.24, 2.45) is 0 Å². The number of ether oxygens (including phenoxy) is 1. The van der Waals surface area contributed by atoms with E-state index in [-0.39, 0.29) is 17.1 Å². The molecule has 4 rings (SSSR count). The number of benzene rings is 1. The maximum Gasteiger partial charge on any atom is 0.343 e. The molecule has 2 fully saturated rings. The van der Waals surface area contributed by atoms with Gasteiger partial charge in [0.2, 0.25) is 0 Å². The summed E-state index contributed by atoms with van der Waals surface area (Å²) >= 11 is 0. The molecule has 0 radical (unpaired) electrons. The molecular weight excluding hydrogens is 353 g/mol. The molecule has 0 amide bonds. The van der Waals surface area contributed by atoms with Gasteiger partial charge in [-0.3, -0.25) is 4.90 Å². The first-order valence-electron chi connectivity index (χ1n) is 9.14. The number of carbonyl (C=O) groups is 1. The molecule has 144 valence electrons. The summed E-state index contributed by atoms with van der Waals surface area (Å²) < 4.78 is 24.0.